The van der Waals surface area contributed by atoms with E-state index >= 15 is 0 Å². The Balaban J connectivity index is 1.54. The number of hydrogen-bond acceptors (Lipinski definition) is 4. The molecule has 0 radical (unpaired) electrons. The summed E-state index contributed by atoms with van der Waals surface area (Å²) in [7, 11) is 2.11. The number of nitrogens with zero attached hydrogens (tertiary/aromatic N) is 2. The highest BCUT2D eigenvalue weighted by molar-refractivity contribution is 9.10. The summed E-state index contributed by atoms with van der Waals surface area (Å²) in [6, 6.07) is 22.8. The van der Waals surface area contributed by atoms with Crippen LogP contribution >= 0.6 is 27.7 Å². The number of hydrogen-bond donors (Lipinski definition) is 1. The van der Waals surface area contributed by atoms with Crippen LogP contribution in [0.15, 0.2) is 86.1 Å². The molecular formula is C20H16BrN3S. The van der Waals surface area contributed by atoms with Crippen LogP contribution < -0.4 is 10.3 Å². The van der Waals surface area contributed by atoms with Crippen molar-refractivity contribution >= 4 is 51.0 Å². The molecule has 124 valence electrons. The maximum absolute atomic E-state index is 4.34. The first-order valence-corrected chi connectivity index (χ1v) is 9.51. The zero-order chi connectivity index (χ0) is 17.2. The van der Waals surface area contributed by atoms with Crippen LogP contribution in [0.2, 0.25) is 0 Å². The van der Waals surface area contributed by atoms with E-state index in [1.807, 2.05) is 30.5 Å². The Morgan fingerprint density at radius 3 is 2.56 bits per heavy atom. The van der Waals surface area contributed by atoms with Crippen LogP contribution in [-0.2, 0) is 0 Å². The number of benzene rings is 3. The van der Waals surface area contributed by atoms with E-state index in [0.29, 0.717) is 0 Å². The molecule has 5 heteroatoms. The molecule has 1 aliphatic rings. The lowest BCUT2D eigenvalue weighted by molar-refractivity contribution is 1.11. The van der Waals surface area contributed by atoms with Gasteiger partial charge in [-0.3, -0.25) is 5.43 Å². The van der Waals surface area contributed by atoms with E-state index < -0.39 is 0 Å². The van der Waals surface area contributed by atoms with Gasteiger partial charge in [-0.1, -0.05) is 45.9 Å². The highest BCUT2D eigenvalue weighted by Gasteiger charge is 2.20. The molecule has 0 unspecified atom stereocenters. The number of rotatable bonds is 3. The number of fused-ring (bicyclic) bond motifs is 2. The maximum atomic E-state index is 4.34. The molecule has 3 aromatic carbocycles. The SMILES string of the molecule is CN1c2ccccc2Sc2cc(/C=N/Nc3ccc(Br)cc3)ccc21. The normalized spacial score (nSPS) is 12.8. The molecule has 0 aromatic heterocycles. The van der Waals surface area contributed by atoms with Gasteiger partial charge in [0.1, 0.15) is 0 Å². The fourth-order valence-electron chi connectivity index (χ4n) is 2.74. The molecule has 1 heterocycles. The van der Waals surface area contributed by atoms with Crippen LogP contribution in [0.4, 0.5) is 17.1 Å². The summed E-state index contributed by atoms with van der Waals surface area (Å²) in [5.74, 6) is 0. The van der Waals surface area contributed by atoms with Gasteiger partial charge in [-0.15, -0.1) is 0 Å². The maximum Gasteiger partial charge on any atom is 0.0562 e. The van der Waals surface area contributed by atoms with E-state index in [4.69, 9.17) is 0 Å². The Labute approximate surface area is 159 Å². The predicted octanol–water partition coefficient (Wildman–Crippen LogP) is 6.13. The van der Waals surface area contributed by atoms with Gasteiger partial charge in [0, 0.05) is 21.3 Å². The fraction of sp³-hybridized carbons (Fsp3) is 0.0500. The number of para-hydroxylation sites is 1. The van der Waals surface area contributed by atoms with E-state index in [9.17, 15) is 0 Å². The van der Waals surface area contributed by atoms with Gasteiger partial charge >= 0.3 is 0 Å². The molecule has 0 spiro atoms. The molecule has 0 atom stereocenters. The number of anilines is 3. The number of halogens is 1. The largest absolute Gasteiger partial charge is 0.343 e. The van der Waals surface area contributed by atoms with Crippen LogP contribution in [0.3, 0.4) is 0 Å². The first-order chi connectivity index (χ1) is 12.2. The molecule has 4 rings (SSSR count). The van der Waals surface area contributed by atoms with E-state index in [1.54, 1.807) is 11.8 Å². The first kappa shape index (κ1) is 16.2. The number of nitrogens with one attached hydrogen (secondary N) is 1. The van der Waals surface area contributed by atoms with Crippen molar-refractivity contribution in [3.05, 3.63) is 76.8 Å². The number of hydrazone groups is 1. The molecule has 25 heavy (non-hydrogen) atoms. The van der Waals surface area contributed by atoms with Crippen LogP contribution in [0.25, 0.3) is 0 Å². The molecular weight excluding hydrogens is 394 g/mol. The van der Waals surface area contributed by atoms with Crippen molar-refractivity contribution in [2.75, 3.05) is 17.4 Å². The van der Waals surface area contributed by atoms with Gasteiger partial charge < -0.3 is 4.90 Å². The second kappa shape index (κ2) is 6.94. The van der Waals surface area contributed by atoms with Crippen LogP contribution in [-0.4, -0.2) is 13.3 Å². The minimum Gasteiger partial charge on any atom is -0.343 e. The van der Waals surface area contributed by atoms with E-state index in [2.05, 4.69) is 80.9 Å². The molecule has 0 saturated carbocycles. The smallest absolute Gasteiger partial charge is 0.0562 e. The molecule has 1 N–H and O–H groups in total. The van der Waals surface area contributed by atoms with Gasteiger partial charge in [0.05, 0.1) is 23.3 Å². The summed E-state index contributed by atoms with van der Waals surface area (Å²) in [5, 5.41) is 4.34. The second-order valence-electron chi connectivity index (χ2n) is 5.73. The highest BCUT2D eigenvalue weighted by Crippen LogP contribution is 2.47. The summed E-state index contributed by atoms with van der Waals surface area (Å²) < 4.78 is 1.05. The predicted molar refractivity (Wildman–Crippen MR) is 110 cm³/mol. The summed E-state index contributed by atoms with van der Waals surface area (Å²) in [6.45, 7) is 0. The summed E-state index contributed by atoms with van der Waals surface area (Å²) in [4.78, 5) is 4.76. The third kappa shape index (κ3) is 3.43. The van der Waals surface area contributed by atoms with Gasteiger partial charge in [0.2, 0.25) is 0 Å². The van der Waals surface area contributed by atoms with Crippen LogP contribution in [0.1, 0.15) is 5.56 Å². The molecule has 0 bridgehead atoms. The average Bonchev–Trinajstić information content (AvgIpc) is 2.63. The van der Waals surface area contributed by atoms with Gasteiger partial charge in [-0.2, -0.15) is 5.10 Å². The molecule has 1 aliphatic heterocycles. The van der Waals surface area contributed by atoms with Crippen LogP contribution in [0, 0.1) is 0 Å². The topological polar surface area (TPSA) is 27.6 Å². The molecule has 3 aromatic rings. The highest BCUT2D eigenvalue weighted by atomic mass is 79.9. The summed E-state index contributed by atoms with van der Waals surface area (Å²) >= 11 is 5.23. The molecule has 0 amide bonds. The van der Waals surface area contributed by atoms with Gasteiger partial charge in [0.25, 0.3) is 0 Å². The Morgan fingerprint density at radius 1 is 0.960 bits per heavy atom. The minimum absolute atomic E-state index is 0.959. The Morgan fingerprint density at radius 2 is 1.72 bits per heavy atom. The monoisotopic (exact) mass is 409 g/mol. The molecule has 0 aliphatic carbocycles. The van der Waals surface area contributed by atoms with Crippen molar-refractivity contribution in [3.63, 3.8) is 0 Å². The first-order valence-electron chi connectivity index (χ1n) is 7.90. The third-order valence-electron chi connectivity index (χ3n) is 4.04. The lowest BCUT2D eigenvalue weighted by Gasteiger charge is -2.29. The lowest BCUT2D eigenvalue weighted by Crippen LogP contribution is -2.14. The zero-order valence-electron chi connectivity index (χ0n) is 13.6. The van der Waals surface area contributed by atoms with Crippen molar-refractivity contribution < 1.29 is 0 Å². The summed E-state index contributed by atoms with van der Waals surface area (Å²) in [5.41, 5.74) is 7.56. The molecule has 0 fully saturated rings. The Hall–Kier alpha value is -2.24. The average molecular weight is 410 g/mol. The van der Waals surface area contributed by atoms with Gasteiger partial charge in [-0.05, 0) is 54.1 Å². The molecule has 0 saturated heterocycles. The Kier molecular flexibility index (Phi) is 4.51. The van der Waals surface area contributed by atoms with Crippen molar-refractivity contribution in [1.29, 1.82) is 0 Å². The van der Waals surface area contributed by atoms with Crippen molar-refractivity contribution in [1.82, 2.24) is 0 Å². The second-order valence-corrected chi connectivity index (χ2v) is 7.73. The van der Waals surface area contributed by atoms with Crippen molar-refractivity contribution in [2.24, 2.45) is 5.10 Å². The lowest BCUT2D eigenvalue weighted by atomic mass is 10.2. The van der Waals surface area contributed by atoms with E-state index in [-0.39, 0.29) is 0 Å². The van der Waals surface area contributed by atoms with Crippen LogP contribution in [0.5, 0.6) is 0 Å². The quantitative estimate of drug-likeness (QED) is 0.416. The Bertz CT molecular complexity index is 938. The zero-order valence-corrected chi connectivity index (χ0v) is 16.0. The van der Waals surface area contributed by atoms with Crippen molar-refractivity contribution in [2.45, 2.75) is 9.79 Å². The third-order valence-corrected chi connectivity index (χ3v) is 5.68. The fourth-order valence-corrected chi connectivity index (χ4v) is 4.21. The molecule has 3 nitrogen and oxygen atoms in total. The summed E-state index contributed by atoms with van der Waals surface area (Å²) in [6.07, 6.45) is 1.85. The minimum atomic E-state index is 0.959. The van der Waals surface area contributed by atoms with Gasteiger partial charge in [-0.25, -0.2) is 0 Å². The van der Waals surface area contributed by atoms with Gasteiger partial charge in [0.15, 0.2) is 0 Å². The van der Waals surface area contributed by atoms with Crippen molar-refractivity contribution in [3.8, 4) is 0 Å². The standard InChI is InChI=1S/C20H16BrN3S/c1-24-17-4-2-3-5-19(17)25-20-12-14(6-11-18(20)24)13-22-23-16-9-7-15(21)8-10-16/h2-13,23H,1H3/b22-13+. The van der Waals surface area contributed by atoms with E-state index in [0.717, 1.165) is 15.7 Å². The van der Waals surface area contributed by atoms with E-state index in [1.165, 1.54) is 21.2 Å².